The zero-order chi connectivity index (χ0) is 13.2. The number of hydrogen-bond donors (Lipinski definition) is 0. The highest BCUT2D eigenvalue weighted by molar-refractivity contribution is 7.16. The van der Waals surface area contributed by atoms with Crippen LogP contribution in [0.3, 0.4) is 0 Å². The highest BCUT2D eigenvalue weighted by Gasteiger charge is 2.16. The van der Waals surface area contributed by atoms with Crippen molar-refractivity contribution in [3.05, 3.63) is 29.1 Å². The average Bonchev–Trinajstić information content (AvgIpc) is 2.75. The van der Waals surface area contributed by atoms with E-state index in [1.807, 2.05) is 23.7 Å². The number of rotatable bonds is 1. The lowest BCUT2D eigenvalue weighted by atomic mass is 9.97. The van der Waals surface area contributed by atoms with E-state index in [2.05, 4.69) is 22.3 Å². The smallest absolute Gasteiger partial charge is 0.211 e. The van der Waals surface area contributed by atoms with Crippen LogP contribution < -0.4 is 4.80 Å². The van der Waals surface area contributed by atoms with Crippen molar-refractivity contribution in [1.82, 2.24) is 4.57 Å². The summed E-state index contributed by atoms with van der Waals surface area (Å²) in [4.78, 5) is 12.5. The molecule has 1 aliphatic carbocycles. The maximum atomic E-state index is 11.7. The molecule has 98 valence electrons. The number of benzene rings is 1. The third kappa shape index (κ3) is 2.38. The molecule has 1 fully saturated rings. The second-order valence-electron chi connectivity index (χ2n) is 4.69. The molecule has 1 aliphatic rings. The zero-order valence-corrected chi connectivity index (χ0v) is 11.6. The quantitative estimate of drug-likeness (QED) is 0.737. The minimum atomic E-state index is 0.152. The van der Waals surface area contributed by atoms with Crippen LogP contribution in [0.5, 0.6) is 0 Å². The van der Waals surface area contributed by atoms with E-state index in [1.54, 1.807) is 11.3 Å². The van der Waals surface area contributed by atoms with Crippen LogP contribution in [-0.4, -0.2) is 16.1 Å². The van der Waals surface area contributed by atoms with E-state index in [1.165, 1.54) is 4.70 Å². The summed E-state index contributed by atoms with van der Waals surface area (Å²) in [5, 5.41) is 8.44. The molecule has 2 aromatic rings. The molecule has 0 N–H and O–H groups in total. The summed E-state index contributed by atoms with van der Waals surface area (Å²) < 4.78 is 3.19. The average molecular weight is 273 g/mol. The van der Waals surface area contributed by atoms with Gasteiger partial charge < -0.3 is 4.57 Å². The number of ketones is 1. The number of nitrogens with zero attached hydrogens (tertiary/aromatic N) is 3. The first-order chi connectivity index (χ1) is 9.25. The molecule has 4 nitrogen and oxygen atoms in total. The van der Waals surface area contributed by atoms with Crippen molar-refractivity contribution in [2.24, 2.45) is 17.3 Å². The van der Waals surface area contributed by atoms with Crippen LogP contribution >= 0.6 is 11.3 Å². The Kier molecular flexibility index (Phi) is 3.29. The number of fused-ring (bicyclic) bond motifs is 1. The molecule has 1 aromatic carbocycles. The first-order valence-electron chi connectivity index (χ1n) is 6.44. The molecule has 5 heteroatoms. The maximum Gasteiger partial charge on any atom is 0.211 e. The van der Waals surface area contributed by atoms with Crippen LogP contribution in [0.25, 0.3) is 10.2 Å². The van der Waals surface area contributed by atoms with Crippen molar-refractivity contribution >= 4 is 33.0 Å². The molecule has 0 amide bonds. The predicted octanol–water partition coefficient (Wildman–Crippen LogP) is 2.64. The lowest BCUT2D eigenvalue weighted by Crippen LogP contribution is -2.19. The fourth-order valence-electron chi connectivity index (χ4n) is 2.25. The first kappa shape index (κ1) is 12.3. The van der Waals surface area contributed by atoms with E-state index in [0.717, 1.165) is 29.6 Å². The molecule has 0 radical (unpaired) electrons. The van der Waals surface area contributed by atoms with E-state index >= 15 is 0 Å². The van der Waals surface area contributed by atoms with Gasteiger partial charge in [0.25, 0.3) is 0 Å². The second-order valence-corrected chi connectivity index (χ2v) is 5.70. The summed E-state index contributed by atoms with van der Waals surface area (Å²) in [5.74, 6) is 0.152. The van der Waals surface area contributed by atoms with Crippen LogP contribution in [0, 0.1) is 0 Å². The van der Waals surface area contributed by atoms with E-state index < -0.39 is 0 Å². The number of Topliss-reactive ketones (excluding diaryl/α,β-unsaturated/α-hetero) is 1. The lowest BCUT2D eigenvalue weighted by Gasteiger charge is -2.08. The van der Waals surface area contributed by atoms with E-state index in [9.17, 15) is 4.79 Å². The van der Waals surface area contributed by atoms with Crippen LogP contribution in [0.4, 0.5) is 0 Å². The Hall–Kier alpha value is -1.75. The van der Waals surface area contributed by atoms with Gasteiger partial charge in [-0.1, -0.05) is 23.5 Å². The molecular formula is C14H15N3OS. The Morgan fingerprint density at radius 1 is 1.16 bits per heavy atom. The first-order valence-corrected chi connectivity index (χ1v) is 7.25. The number of thiazole rings is 1. The number of aryl methyl sites for hydroxylation is 1. The van der Waals surface area contributed by atoms with Crippen molar-refractivity contribution in [2.75, 3.05) is 0 Å². The second kappa shape index (κ2) is 5.09. The summed E-state index contributed by atoms with van der Waals surface area (Å²) >= 11 is 1.59. The van der Waals surface area contributed by atoms with E-state index in [-0.39, 0.29) is 5.78 Å². The standard InChI is InChI=1S/C14H15N3OS/c1-17-11-7-3-5-9-13(11)19-14(17)16-15-10-6-2-4-8-12(10)18/h3,5,7,9H,2,4,6,8H2,1H3/b15-10+,16-14-. The molecule has 1 aromatic heterocycles. The van der Waals surface area contributed by atoms with Gasteiger partial charge in [0.1, 0.15) is 5.71 Å². The zero-order valence-electron chi connectivity index (χ0n) is 10.8. The number of carbonyl (C=O) groups excluding carboxylic acids is 1. The van der Waals surface area contributed by atoms with Crippen molar-refractivity contribution < 1.29 is 4.79 Å². The van der Waals surface area contributed by atoms with Gasteiger partial charge in [-0.25, -0.2) is 0 Å². The van der Waals surface area contributed by atoms with Crippen LogP contribution in [0.2, 0.25) is 0 Å². The molecule has 0 aliphatic heterocycles. The minimum absolute atomic E-state index is 0.152. The summed E-state index contributed by atoms with van der Waals surface area (Å²) in [6.07, 6.45) is 3.40. The van der Waals surface area contributed by atoms with Crippen molar-refractivity contribution in [3.63, 3.8) is 0 Å². The van der Waals surface area contributed by atoms with Gasteiger partial charge in [0.15, 0.2) is 5.78 Å². The molecule has 1 heterocycles. The highest BCUT2D eigenvalue weighted by atomic mass is 32.1. The Bertz CT molecular complexity index is 724. The van der Waals surface area contributed by atoms with E-state index in [0.29, 0.717) is 12.1 Å². The van der Waals surface area contributed by atoms with Crippen LogP contribution in [0.1, 0.15) is 25.7 Å². The SMILES string of the molecule is Cn1/c(=N/N=C2\CCCCC2=O)sc2ccccc21. The molecule has 0 saturated heterocycles. The fraction of sp³-hybridized carbons (Fsp3) is 0.357. The summed E-state index contributed by atoms with van der Waals surface area (Å²) in [6.45, 7) is 0. The van der Waals surface area contributed by atoms with Gasteiger partial charge >= 0.3 is 0 Å². The van der Waals surface area contributed by atoms with Gasteiger partial charge in [-0.05, 0) is 31.4 Å². The third-order valence-corrected chi connectivity index (χ3v) is 4.46. The van der Waals surface area contributed by atoms with Gasteiger partial charge in [-0.2, -0.15) is 0 Å². The Labute approximate surface area is 115 Å². The molecule has 3 rings (SSSR count). The minimum Gasteiger partial charge on any atom is -0.318 e. The summed E-state index contributed by atoms with van der Waals surface area (Å²) in [7, 11) is 1.97. The molecule has 0 bridgehead atoms. The molecule has 19 heavy (non-hydrogen) atoms. The third-order valence-electron chi connectivity index (χ3n) is 3.36. The topological polar surface area (TPSA) is 46.7 Å². The van der Waals surface area contributed by atoms with Gasteiger partial charge in [0, 0.05) is 13.5 Å². The van der Waals surface area contributed by atoms with Gasteiger partial charge in [0.2, 0.25) is 4.80 Å². The lowest BCUT2D eigenvalue weighted by molar-refractivity contribution is -0.113. The molecule has 0 unspecified atom stereocenters. The Morgan fingerprint density at radius 2 is 1.95 bits per heavy atom. The van der Waals surface area contributed by atoms with Crippen LogP contribution in [-0.2, 0) is 11.8 Å². The van der Waals surface area contributed by atoms with Gasteiger partial charge in [0.05, 0.1) is 10.2 Å². The number of hydrogen-bond acceptors (Lipinski definition) is 4. The Morgan fingerprint density at radius 3 is 2.74 bits per heavy atom. The largest absolute Gasteiger partial charge is 0.318 e. The molecule has 1 saturated carbocycles. The number of carbonyl (C=O) groups is 1. The van der Waals surface area contributed by atoms with Crippen molar-refractivity contribution in [1.29, 1.82) is 0 Å². The Balaban J connectivity index is 2.04. The normalized spacial score (nSPS) is 19.5. The van der Waals surface area contributed by atoms with Crippen molar-refractivity contribution in [2.45, 2.75) is 25.7 Å². The molecule has 0 atom stereocenters. The number of para-hydroxylation sites is 1. The highest BCUT2D eigenvalue weighted by Crippen LogP contribution is 2.15. The van der Waals surface area contributed by atoms with E-state index in [4.69, 9.17) is 0 Å². The molecule has 0 spiro atoms. The van der Waals surface area contributed by atoms with Gasteiger partial charge in [-0.15, -0.1) is 10.2 Å². The molecular weight excluding hydrogens is 258 g/mol. The summed E-state index contributed by atoms with van der Waals surface area (Å²) in [6, 6.07) is 8.15. The number of aromatic nitrogens is 1. The summed E-state index contributed by atoms with van der Waals surface area (Å²) in [5.41, 5.74) is 1.77. The fourth-order valence-corrected chi connectivity index (χ4v) is 3.22. The monoisotopic (exact) mass is 273 g/mol. The predicted molar refractivity (Wildman–Crippen MR) is 77.3 cm³/mol. The van der Waals surface area contributed by atoms with Crippen LogP contribution in [0.15, 0.2) is 34.5 Å². The maximum absolute atomic E-state index is 11.7. The van der Waals surface area contributed by atoms with Crippen molar-refractivity contribution in [3.8, 4) is 0 Å². The van der Waals surface area contributed by atoms with Gasteiger partial charge in [-0.3, -0.25) is 4.79 Å².